The molecule has 0 bridgehead atoms. The van der Waals surface area contributed by atoms with Gasteiger partial charge in [-0.3, -0.25) is 9.59 Å². The lowest BCUT2D eigenvalue weighted by atomic mass is 10.1. The lowest BCUT2D eigenvalue weighted by Crippen LogP contribution is -2.52. The van der Waals surface area contributed by atoms with Crippen LogP contribution in [0.4, 0.5) is 0 Å². The quantitative estimate of drug-likeness (QED) is 0.869. The molecule has 1 saturated heterocycles. The lowest BCUT2D eigenvalue weighted by molar-refractivity contribution is -0.0566. The van der Waals surface area contributed by atoms with Gasteiger partial charge in [-0.1, -0.05) is 0 Å². The van der Waals surface area contributed by atoms with Gasteiger partial charge in [0, 0.05) is 17.2 Å². The van der Waals surface area contributed by atoms with Gasteiger partial charge in [0.2, 0.25) is 5.91 Å². The SMILES string of the molecule is NC(=O)c1ccc(C(=O)N(C2CC2)C2COC2)cc1. The summed E-state index contributed by atoms with van der Waals surface area (Å²) in [6.45, 7) is 1.25. The second kappa shape index (κ2) is 4.66. The van der Waals surface area contributed by atoms with Crippen LogP contribution >= 0.6 is 0 Å². The maximum atomic E-state index is 12.5. The first-order valence-electron chi connectivity index (χ1n) is 6.47. The predicted octanol–water partition coefficient (Wildman–Crippen LogP) is 0.789. The summed E-state index contributed by atoms with van der Waals surface area (Å²) in [4.78, 5) is 25.4. The second-order valence-corrected chi connectivity index (χ2v) is 5.08. The zero-order chi connectivity index (χ0) is 13.4. The van der Waals surface area contributed by atoms with Crippen LogP contribution in [-0.4, -0.2) is 42.0 Å². The fraction of sp³-hybridized carbons (Fsp3) is 0.429. The molecule has 5 heteroatoms. The molecule has 5 nitrogen and oxygen atoms in total. The minimum absolute atomic E-state index is 0.0202. The van der Waals surface area contributed by atoms with Crippen LogP contribution in [0.2, 0.25) is 0 Å². The van der Waals surface area contributed by atoms with Gasteiger partial charge < -0.3 is 15.4 Å². The first kappa shape index (κ1) is 12.2. The van der Waals surface area contributed by atoms with E-state index in [9.17, 15) is 9.59 Å². The standard InChI is InChI=1S/C14H16N2O3/c15-13(17)9-1-3-10(4-2-9)14(18)16(11-5-6-11)12-7-19-8-12/h1-4,11-12H,5-8H2,(H2,15,17). The largest absolute Gasteiger partial charge is 0.377 e. The summed E-state index contributed by atoms with van der Waals surface area (Å²) in [5.41, 5.74) is 6.20. The van der Waals surface area contributed by atoms with Crippen molar-refractivity contribution in [3.8, 4) is 0 Å². The third-order valence-electron chi connectivity index (χ3n) is 3.61. The number of amides is 2. The molecular formula is C14H16N2O3. The number of hydrogen-bond donors (Lipinski definition) is 1. The second-order valence-electron chi connectivity index (χ2n) is 5.08. The molecule has 3 rings (SSSR count). The third kappa shape index (κ3) is 2.33. The summed E-state index contributed by atoms with van der Waals surface area (Å²) in [7, 11) is 0. The van der Waals surface area contributed by atoms with Crippen molar-refractivity contribution in [1.29, 1.82) is 0 Å². The Morgan fingerprint density at radius 2 is 1.63 bits per heavy atom. The van der Waals surface area contributed by atoms with Gasteiger partial charge in [0.25, 0.3) is 5.91 Å². The minimum atomic E-state index is -0.481. The Bertz CT molecular complexity index is 504. The monoisotopic (exact) mass is 260 g/mol. The molecule has 2 amide bonds. The van der Waals surface area contributed by atoms with E-state index in [1.807, 2.05) is 4.90 Å². The van der Waals surface area contributed by atoms with E-state index < -0.39 is 5.91 Å². The Hall–Kier alpha value is -1.88. The molecule has 19 heavy (non-hydrogen) atoms. The van der Waals surface area contributed by atoms with Gasteiger partial charge >= 0.3 is 0 Å². The van der Waals surface area contributed by atoms with Crippen molar-refractivity contribution in [2.45, 2.75) is 24.9 Å². The van der Waals surface area contributed by atoms with E-state index in [2.05, 4.69) is 0 Å². The molecule has 100 valence electrons. The van der Waals surface area contributed by atoms with E-state index in [4.69, 9.17) is 10.5 Å². The van der Waals surface area contributed by atoms with Crippen LogP contribution in [0.1, 0.15) is 33.6 Å². The van der Waals surface area contributed by atoms with E-state index in [-0.39, 0.29) is 11.9 Å². The Labute approximate surface area is 111 Å². The normalized spacial score (nSPS) is 18.7. The molecule has 0 atom stereocenters. The summed E-state index contributed by atoms with van der Waals surface area (Å²) < 4.78 is 5.18. The van der Waals surface area contributed by atoms with Crippen molar-refractivity contribution in [1.82, 2.24) is 4.90 Å². The third-order valence-corrected chi connectivity index (χ3v) is 3.61. The van der Waals surface area contributed by atoms with Crippen molar-refractivity contribution in [3.63, 3.8) is 0 Å². The first-order chi connectivity index (χ1) is 9.16. The molecule has 2 N–H and O–H groups in total. The number of benzene rings is 1. The summed E-state index contributed by atoms with van der Waals surface area (Å²) >= 11 is 0. The average molecular weight is 260 g/mol. The molecule has 1 aromatic carbocycles. The van der Waals surface area contributed by atoms with Crippen LogP contribution in [0.25, 0.3) is 0 Å². The van der Waals surface area contributed by atoms with Crippen LogP contribution in [0.3, 0.4) is 0 Å². The van der Waals surface area contributed by atoms with Gasteiger partial charge in [-0.15, -0.1) is 0 Å². The zero-order valence-corrected chi connectivity index (χ0v) is 10.5. The van der Waals surface area contributed by atoms with Crippen LogP contribution < -0.4 is 5.73 Å². The zero-order valence-electron chi connectivity index (χ0n) is 10.5. The topological polar surface area (TPSA) is 72.6 Å². The molecule has 0 unspecified atom stereocenters. The number of nitrogens with zero attached hydrogens (tertiary/aromatic N) is 1. The molecule has 0 aromatic heterocycles. The van der Waals surface area contributed by atoms with Crippen LogP contribution in [0, 0.1) is 0 Å². The van der Waals surface area contributed by atoms with Gasteiger partial charge in [-0.25, -0.2) is 0 Å². The smallest absolute Gasteiger partial charge is 0.254 e. The molecule has 0 radical (unpaired) electrons. The summed E-state index contributed by atoms with van der Waals surface area (Å²) in [5.74, 6) is -0.461. The van der Waals surface area contributed by atoms with Crippen molar-refractivity contribution in [3.05, 3.63) is 35.4 Å². The summed E-state index contributed by atoms with van der Waals surface area (Å²) in [6.07, 6.45) is 2.14. The number of primary amides is 1. The average Bonchev–Trinajstić information content (AvgIpc) is 3.17. The molecule has 2 aliphatic rings. The van der Waals surface area contributed by atoms with Gasteiger partial charge in [-0.05, 0) is 37.1 Å². The van der Waals surface area contributed by atoms with E-state index in [0.717, 1.165) is 12.8 Å². The fourth-order valence-corrected chi connectivity index (χ4v) is 2.29. The van der Waals surface area contributed by atoms with Crippen molar-refractivity contribution in [2.75, 3.05) is 13.2 Å². The highest BCUT2D eigenvalue weighted by Gasteiger charge is 2.40. The molecule has 2 fully saturated rings. The highest BCUT2D eigenvalue weighted by atomic mass is 16.5. The van der Waals surface area contributed by atoms with Crippen LogP contribution in [-0.2, 0) is 4.74 Å². The summed E-state index contributed by atoms with van der Waals surface area (Å²) in [6, 6.07) is 7.08. The molecule has 1 heterocycles. The summed E-state index contributed by atoms with van der Waals surface area (Å²) in [5, 5.41) is 0. The Kier molecular flexibility index (Phi) is 2.98. The predicted molar refractivity (Wildman–Crippen MR) is 68.8 cm³/mol. The fourth-order valence-electron chi connectivity index (χ4n) is 2.29. The van der Waals surface area contributed by atoms with Crippen molar-refractivity contribution in [2.24, 2.45) is 5.73 Å². The maximum Gasteiger partial charge on any atom is 0.254 e. The molecule has 1 aliphatic heterocycles. The molecule has 1 aromatic rings. The van der Waals surface area contributed by atoms with Crippen LogP contribution in [0.5, 0.6) is 0 Å². The number of ether oxygens (including phenoxy) is 1. The van der Waals surface area contributed by atoms with E-state index >= 15 is 0 Å². The van der Waals surface area contributed by atoms with E-state index in [1.165, 1.54) is 0 Å². The Morgan fingerprint density at radius 1 is 1.05 bits per heavy atom. The van der Waals surface area contributed by atoms with Gasteiger partial charge in [0.15, 0.2) is 0 Å². The first-order valence-corrected chi connectivity index (χ1v) is 6.47. The Morgan fingerprint density at radius 3 is 2.05 bits per heavy atom. The van der Waals surface area contributed by atoms with Gasteiger partial charge in [-0.2, -0.15) is 0 Å². The van der Waals surface area contributed by atoms with Gasteiger partial charge in [0.05, 0.1) is 19.3 Å². The maximum absolute atomic E-state index is 12.5. The lowest BCUT2D eigenvalue weighted by Gasteiger charge is -2.37. The van der Waals surface area contributed by atoms with Crippen LogP contribution in [0.15, 0.2) is 24.3 Å². The van der Waals surface area contributed by atoms with E-state index in [1.54, 1.807) is 24.3 Å². The van der Waals surface area contributed by atoms with Crippen molar-refractivity contribution < 1.29 is 14.3 Å². The highest BCUT2D eigenvalue weighted by molar-refractivity contribution is 5.97. The number of carbonyl (C=O) groups is 2. The molecule has 0 spiro atoms. The number of carbonyl (C=O) groups excluding carboxylic acids is 2. The van der Waals surface area contributed by atoms with Crippen molar-refractivity contribution >= 4 is 11.8 Å². The van der Waals surface area contributed by atoms with Gasteiger partial charge in [0.1, 0.15) is 0 Å². The molecule has 1 aliphatic carbocycles. The molecular weight excluding hydrogens is 244 g/mol. The molecule has 1 saturated carbocycles. The Balaban J connectivity index is 1.79. The number of hydrogen-bond acceptors (Lipinski definition) is 3. The minimum Gasteiger partial charge on any atom is -0.377 e. The number of nitrogens with two attached hydrogens (primary N) is 1. The van der Waals surface area contributed by atoms with E-state index in [0.29, 0.717) is 30.4 Å². The highest BCUT2D eigenvalue weighted by Crippen LogP contribution is 2.32. The number of rotatable bonds is 4.